The highest BCUT2D eigenvalue weighted by Gasteiger charge is 2.20. The molecule has 0 aliphatic carbocycles. The van der Waals surface area contributed by atoms with E-state index in [9.17, 15) is 4.79 Å². The molecule has 11 heteroatoms. The van der Waals surface area contributed by atoms with Gasteiger partial charge in [-0.25, -0.2) is 15.0 Å². The molecule has 1 aliphatic rings. The number of rotatable bonds is 5. The van der Waals surface area contributed by atoms with Crippen LogP contribution in [0.3, 0.4) is 0 Å². The summed E-state index contributed by atoms with van der Waals surface area (Å²) < 4.78 is 10.9. The first-order chi connectivity index (χ1) is 16.5. The van der Waals surface area contributed by atoms with E-state index in [1.165, 1.54) is 30.8 Å². The van der Waals surface area contributed by atoms with Crippen molar-refractivity contribution in [3.8, 4) is 16.9 Å². The highest BCUT2D eigenvalue weighted by molar-refractivity contribution is 7.21. The average molecular weight is 495 g/mol. The van der Waals surface area contributed by atoms with Crippen molar-refractivity contribution >= 4 is 50.0 Å². The summed E-state index contributed by atoms with van der Waals surface area (Å²) in [5.74, 6) is 0.117. The van der Waals surface area contributed by atoms with Gasteiger partial charge in [-0.15, -0.1) is 0 Å². The topological polar surface area (TPSA) is 112 Å². The van der Waals surface area contributed by atoms with Crippen molar-refractivity contribution < 1.29 is 14.3 Å². The van der Waals surface area contributed by atoms with Gasteiger partial charge in [0, 0.05) is 28.6 Å². The highest BCUT2D eigenvalue weighted by atomic mass is 35.5. The maximum Gasteiger partial charge on any atom is 0.259 e. The largest absolute Gasteiger partial charge is 0.494 e. The summed E-state index contributed by atoms with van der Waals surface area (Å²) in [6, 6.07) is 3.46. The fourth-order valence-corrected chi connectivity index (χ4v) is 4.53. The fourth-order valence-electron chi connectivity index (χ4n) is 3.58. The van der Waals surface area contributed by atoms with Gasteiger partial charge in [-0.05, 0) is 25.5 Å². The lowest BCUT2D eigenvalue weighted by atomic mass is 10.0. The van der Waals surface area contributed by atoms with Crippen LogP contribution in [0.4, 0.5) is 5.13 Å². The first kappa shape index (κ1) is 22.3. The number of carbonyl (C=O) groups excluding carboxylic acids is 1. The van der Waals surface area contributed by atoms with E-state index in [1.807, 2.05) is 6.92 Å². The van der Waals surface area contributed by atoms with Gasteiger partial charge in [0.15, 0.2) is 15.6 Å². The quantitative estimate of drug-likeness (QED) is 0.401. The molecule has 172 valence electrons. The van der Waals surface area contributed by atoms with Gasteiger partial charge in [0.2, 0.25) is 0 Å². The van der Waals surface area contributed by atoms with E-state index >= 15 is 0 Å². The zero-order valence-corrected chi connectivity index (χ0v) is 19.9. The van der Waals surface area contributed by atoms with Gasteiger partial charge in [0.1, 0.15) is 10.9 Å². The molecule has 0 aromatic carbocycles. The zero-order chi connectivity index (χ0) is 23.7. The molecule has 0 atom stereocenters. The molecule has 5 rings (SSSR count). The summed E-state index contributed by atoms with van der Waals surface area (Å²) in [6.07, 6.45) is 7.67. The lowest BCUT2D eigenvalue weighted by Crippen LogP contribution is -2.14. The number of pyridine rings is 2. The summed E-state index contributed by atoms with van der Waals surface area (Å²) in [5.41, 5.74) is 4.56. The van der Waals surface area contributed by atoms with Gasteiger partial charge in [-0.1, -0.05) is 29.0 Å². The van der Waals surface area contributed by atoms with Gasteiger partial charge in [-0.2, -0.15) is 4.98 Å². The third-order valence-electron chi connectivity index (χ3n) is 5.21. The number of carbonyl (C=O) groups is 1. The molecule has 1 N–H and O–H groups in total. The van der Waals surface area contributed by atoms with E-state index in [2.05, 4.69) is 36.3 Å². The van der Waals surface area contributed by atoms with Gasteiger partial charge < -0.3 is 9.47 Å². The van der Waals surface area contributed by atoms with Crippen LogP contribution in [-0.2, 0) is 4.74 Å². The van der Waals surface area contributed by atoms with Crippen LogP contribution in [0.1, 0.15) is 28.2 Å². The molecule has 0 unspecified atom stereocenters. The lowest BCUT2D eigenvalue weighted by molar-refractivity contribution is 0.102. The predicted octanol–water partition coefficient (Wildman–Crippen LogP) is 4.57. The molecule has 0 saturated carbocycles. The molecular formula is C23H19ClN6O3S. The zero-order valence-electron chi connectivity index (χ0n) is 18.3. The number of aromatic nitrogens is 5. The van der Waals surface area contributed by atoms with E-state index in [4.69, 9.17) is 21.1 Å². The van der Waals surface area contributed by atoms with Crippen LogP contribution in [0.25, 0.3) is 27.2 Å². The van der Waals surface area contributed by atoms with Crippen molar-refractivity contribution in [1.29, 1.82) is 0 Å². The number of hydrogen-bond donors (Lipinski definition) is 1. The Hall–Kier alpha value is -3.47. The minimum Gasteiger partial charge on any atom is -0.494 e. The predicted molar refractivity (Wildman–Crippen MR) is 130 cm³/mol. The van der Waals surface area contributed by atoms with E-state index in [1.54, 1.807) is 18.3 Å². The summed E-state index contributed by atoms with van der Waals surface area (Å²) in [7, 11) is 1.53. The van der Waals surface area contributed by atoms with Crippen molar-refractivity contribution in [3.05, 3.63) is 58.9 Å². The number of hydrogen-bond acceptors (Lipinski definition) is 9. The van der Waals surface area contributed by atoms with Crippen molar-refractivity contribution in [2.24, 2.45) is 0 Å². The van der Waals surface area contributed by atoms with E-state index in [0.29, 0.717) is 51.3 Å². The molecule has 0 fully saturated rings. The van der Waals surface area contributed by atoms with E-state index in [-0.39, 0.29) is 11.1 Å². The molecule has 4 aromatic heterocycles. The summed E-state index contributed by atoms with van der Waals surface area (Å²) >= 11 is 7.37. The van der Waals surface area contributed by atoms with Crippen LogP contribution >= 0.6 is 22.9 Å². The van der Waals surface area contributed by atoms with Crippen LogP contribution in [0.5, 0.6) is 5.75 Å². The van der Waals surface area contributed by atoms with Crippen LogP contribution in [0.15, 0.2) is 36.8 Å². The fraction of sp³-hybridized carbons (Fsp3) is 0.217. The maximum atomic E-state index is 13.3. The average Bonchev–Trinajstić information content (AvgIpc) is 3.25. The Morgan fingerprint density at radius 2 is 2.03 bits per heavy atom. The minimum atomic E-state index is -0.375. The highest BCUT2D eigenvalue weighted by Crippen LogP contribution is 2.34. The smallest absolute Gasteiger partial charge is 0.259 e. The number of anilines is 1. The number of halogens is 1. The summed E-state index contributed by atoms with van der Waals surface area (Å²) in [4.78, 5) is 35.7. The van der Waals surface area contributed by atoms with Crippen molar-refractivity contribution in [2.45, 2.75) is 13.3 Å². The second-order valence-electron chi connectivity index (χ2n) is 7.51. The molecule has 34 heavy (non-hydrogen) atoms. The van der Waals surface area contributed by atoms with Crippen LogP contribution in [0.2, 0.25) is 5.15 Å². The molecule has 1 aliphatic heterocycles. The molecule has 0 radical (unpaired) electrons. The second-order valence-corrected chi connectivity index (χ2v) is 8.87. The Morgan fingerprint density at radius 1 is 1.15 bits per heavy atom. The molecule has 0 spiro atoms. The van der Waals surface area contributed by atoms with Crippen molar-refractivity contribution in [3.63, 3.8) is 0 Å². The second kappa shape index (κ2) is 9.41. The lowest BCUT2D eigenvalue weighted by Gasteiger charge is -2.13. The van der Waals surface area contributed by atoms with Crippen LogP contribution in [-0.4, -0.2) is 51.2 Å². The Balaban J connectivity index is 1.47. The molecule has 4 aromatic rings. The first-order valence-corrected chi connectivity index (χ1v) is 11.6. The number of nitrogens with one attached hydrogen (secondary N) is 1. The Bertz CT molecular complexity index is 1440. The van der Waals surface area contributed by atoms with E-state index in [0.717, 1.165) is 23.4 Å². The Labute approximate surface area is 203 Å². The third kappa shape index (κ3) is 4.47. The normalized spacial score (nSPS) is 13.6. The molecule has 0 saturated heterocycles. The molecule has 0 bridgehead atoms. The number of nitrogens with zero attached hydrogens (tertiary/aromatic N) is 5. The van der Waals surface area contributed by atoms with Gasteiger partial charge in [0.25, 0.3) is 5.91 Å². The SMILES string of the molecule is COc1cnc(Cl)cc1-c1cc(C)ncc1C(=O)Nc1nc2ncc(C3=CCCOC3)nc2s1. The van der Waals surface area contributed by atoms with Crippen LogP contribution in [0, 0.1) is 6.92 Å². The molecule has 9 nitrogen and oxygen atoms in total. The molecule has 5 heterocycles. The van der Waals surface area contributed by atoms with Crippen LogP contribution < -0.4 is 10.1 Å². The monoisotopic (exact) mass is 494 g/mol. The summed E-state index contributed by atoms with van der Waals surface area (Å²) in [5, 5.41) is 3.52. The number of ether oxygens (including phenoxy) is 2. The third-order valence-corrected chi connectivity index (χ3v) is 6.27. The van der Waals surface area contributed by atoms with Crippen molar-refractivity contribution in [2.75, 3.05) is 25.6 Å². The number of aryl methyl sites for hydroxylation is 1. The number of amides is 1. The Morgan fingerprint density at radius 3 is 2.82 bits per heavy atom. The van der Waals surface area contributed by atoms with Gasteiger partial charge >= 0.3 is 0 Å². The number of fused-ring (bicyclic) bond motifs is 1. The van der Waals surface area contributed by atoms with Gasteiger partial charge in [-0.3, -0.25) is 15.1 Å². The first-order valence-electron chi connectivity index (χ1n) is 10.4. The van der Waals surface area contributed by atoms with Gasteiger partial charge in [0.05, 0.1) is 44.0 Å². The Kier molecular flexibility index (Phi) is 6.18. The number of methoxy groups -OCH3 is 1. The summed E-state index contributed by atoms with van der Waals surface area (Å²) in [6.45, 7) is 3.06. The molecule has 1 amide bonds. The number of thiazole rings is 1. The standard InChI is InChI=1S/C23H19ClN6O3S/c1-12-6-14(15-7-19(24)26-10-18(15)32-2)16(8-25-12)21(31)30-23-29-20-22(34-23)28-17(9-27-20)13-4-3-5-33-11-13/h4,6-10H,3,5,11H2,1-2H3,(H,27,29,30,31). The van der Waals surface area contributed by atoms with E-state index < -0.39 is 0 Å². The van der Waals surface area contributed by atoms with Crippen molar-refractivity contribution in [1.82, 2.24) is 24.9 Å². The maximum absolute atomic E-state index is 13.3. The molecular weight excluding hydrogens is 476 g/mol. The minimum absolute atomic E-state index is 0.286.